The average Bonchev–Trinajstić information content (AvgIpc) is 2.80. The van der Waals surface area contributed by atoms with E-state index < -0.39 is 18.4 Å². The monoisotopic (exact) mass is 256 g/mol. The van der Waals surface area contributed by atoms with Crippen molar-refractivity contribution in [3.63, 3.8) is 0 Å². The van der Waals surface area contributed by atoms with E-state index in [1.807, 2.05) is 24.3 Å². The summed E-state index contributed by atoms with van der Waals surface area (Å²) in [4.78, 5) is 27.0. The van der Waals surface area contributed by atoms with Crippen LogP contribution in [0.3, 0.4) is 0 Å². The Bertz CT molecular complexity index is 634. The molecule has 0 spiro atoms. The molecule has 0 aliphatic carbocycles. The summed E-state index contributed by atoms with van der Waals surface area (Å²) >= 11 is 0. The number of fused-ring (bicyclic) bond motifs is 1. The number of aromatic amines is 1. The highest BCUT2D eigenvalue weighted by atomic mass is 16.4. The van der Waals surface area contributed by atoms with Crippen LogP contribution in [0.5, 0.6) is 0 Å². The largest absolute Gasteiger partial charge is 0.480 e. The van der Waals surface area contributed by atoms with Gasteiger partial charge in [-0.3, -0.25) is 9.59 Å². The van der Waals surface area contributed by atoms with E-state index in [-0.39, 0.29) is 6.54 Å². The van der Waals surface area contributed by atoms with Crippen LogP contribution >= 0.6 is 0 Å². The number of hydrogen-bond donors (Lipinski definition) is 2. The second-order valence-corrected chi connectivity index (χ2v) is 4.03. The van der Waals surface area contributed by atoms with E-state index >= 15 is 0 Å². The third-order valence-corrected chi connectivity index (χ3v) is 2.66. The fraction of sp³-hybridized carbons (Fsp3) is 0.143. The standard InChI is InChI=1S/C14H12N2O3/c1-2-7-16(9-13(17)18)14(19)12-8-10-5-3-4-6-11(10)15-12/h1,3-6,8,15H,7,9H2,(H,17,18). The zero-order valence-electron chi connectivity index (χ0n) is 10.1. The molecule has 5 heteroatoms. The molecule has 19 heavy (non-hydrogen) atoms. The van der Waals surface area contributed by atoms with E-state index in [0.717, 1.165) is 15.8 Å². The Morgan fingerprint density at radius 3 is 2.74 bits per heavy atom. The van der Waals surface area contributed by atoms with Crippen LogP contribution in [0.1, 0.15) is 10.5 Å². The number of benzene rings is 1. The predicted molar refractivity (Wildman–Crippen MR) is 70.7 cm³/mol. The summed E-state index contributed by atoms with van der Waals surface area (Å²) in [6.07, 6.45) is 5.15. The van der Waals surface area contributed by atoms with Crippen LogP contribution in [-0.2, 0) is 4.79 Å². The Kier molecular flexibility index (Phi) is 3.53. The van der Waals surface area contributed by atoms with Gasteiger partial charge in [-0.2, -0.15) is 0 Å². The van der Waals surface area contributed by atoms with Gasteiger partial charge in [-0.05, 0) is 12.1 Å². The molecule has 1 heterocycles. The molecule has 1 aromatic heterocycles. The number of terminal acetylenes is 1. The van der Waals surface area contributed by atoms with Gasteiger partial charge in [0.15, 0.2) is 0 Å². The Hall–Kier alpha value is -2.74. The normalized spacial score (nSPS) is 10.1. The number of para-hydroxylation sites is 1. The predicted octanol–water partition coefficient (Wildman–Crippen LogP) is 1.33. The average molecular weight is 256 g/mol. The summed E-state index contributed by atoms with van der Waals surface area (Å²) < 4.78 is 0. The first-order valence-corrected chi connectivity index (χ1v) is 5.64. The molecule has 0 atom stereocenters. The van der Waals surface area contributed by atoms with Gasteiger partial charge in [-0.15, -0.1) is 6.42 Å². The summed E-state index contributed by atoms with van der Waals surface area (Å²) in [5.41, 5.74) is 1.15. The molecule has 0 saturated carbocycles. The van der Waals surface area contributed by atoms with Gasteiger partial charge in [-0.1, -0.05) is 24.1 Å². The van der Waals surface area contributed by atoms with Gasteiger partial charge >= 0.3 is 5.97 Å². The van der Waals surface area contributed by atoms with Gasteiger partial charge in [0.25, 0.3) is 5.91 Å². The fourth-order valence-corrected chi connectivity index (χ4v) is 1.83. The summed E-state index contributed by atoms with van der Waals surface area (Å²) in [5, 5.41) is 9.66. The smallest absolute Gasteiger partial charge is 0.323 e. The maximum absolute atomic E-state index is 12.2. The molecule has 5 nitrogen and oxygen atoms in total. The van der Waals surface area contributed by atoms with Gasteiger partial charge in [0, 0.05) is 10.9 Å². The maximum atomic E-state index is 12.2. The van der Waals surface area contributed by atoms with Gasteiger partial charge in [-0.25, -0.2) is 0 Å². The Morgan fingerprint density at radius 1 is 1.37 bits per heavy atom. The van der Waals surface area contributed by atoms with E-state index in [4.69, 9.17) is 11.5 Å². The molecule has 2 aromatic rings. The lowest BCUT2D eigenvalue weighted by Crippen LogP contribution is -2.36. The molecule has 1 amide bonds. The van der Waals surface area contributed by atoms with Crippen molar-refractivity contribution in [1.29, 1.82) is 0 Å². The number of carbonyl (C=O) groups is 2. The minimum Gasteiger partial charge on any atom is -0.480 e. The number of nitrogens with zero attached hydrogens (tertiary/aromatic N) is 1. The highest BCUT2D eigenvalue weighted by Crippen LogP contribution is 2.15. The van der Waals surface area contributed by atoms with Crippen LogP contribution < -0.4 is 0 Å². The number of carboxylic acids is 1. The lowest BCUT2D eigenvalue weighted by molar-refractivity contribution is -0.137. The number of carboxylic acid groups (broad SMARTS) is 1. The number of nitrogens with one attached hydrogen (secondary N) is 1. The van der Waals surface area contributed by atoms with E-state index in [1.165, 1.54) is 0 Å². The van der Waals surface area contributed by atoms with Crippen molar-refractivity contribution in [2.45, 2.75) is 0 Å². The van der Waals surface area contributed by atoms with Crippen LogP contribution in [0.15, 0.2) is 30.3 Å². The van der Waals surface area contributed by atoms with Crippen molar-refractivity contribution in [2.75, 3.05) is 13.1 Å². The lowest BCUT2D eigenvalue weighted by Gasteiger charge is -2.16. The number of amides is 1. The van der Waals surface area contributed by atoms with Crippen LogP contribution in [0.25, 0.3) is 10.9 Å². The molecule has 96 valence electrons. The van der Waals surface area contributed by atoms with Crippen LogP contribution in [-0.4, -0.2) is 40.0 Å². The molecule has 1 aromatic carbocycles. The molecule has 0 bridgehead atoms. The Morgan fingerprint density at radius 2 is 2.11 bits per heavy atom. The number of H-pyrrole nitrogens is 1. The molecule has 0 aliphatic heterocycles. The maximum Gasteiger partial charge on any atom is 0.323 e. The SMILES string of the molecule is C#CCN(CC(=O)O)C(=O)c1cc2ccccc2[nH]1. The first-order valence-electron chi connectivity index (χ1n) is 5.64. The highest BCUT2D eigenvalue weighted by Gasteiger charge is 2.19. The van der Waals surface area contributed by atoms with E-state index in [9.17, 15) is 9.59 Å². The van der Waals surface area contributed by atoms with Crippen molar-refractivity contribution in [1.82, 2.24) is 9.88 Å². The number of aromatic nitrogens is 1. The summed E-state index contributed by atoms with van der Waals surface area (Å²) in [6.45, 7) is -0.459. The molecule has 0 radical (unpaired) electrons. The van der Waals surface area contributed by atoms with E-state index in [1.54, 1.807) is 6.07 Å². The minimum atomic E-state index is -1.10. The topological polar surface area (TPSA) is 73.4 Å². The molecule has 0 saturated heterocycles. The Balaban J connectivity index is 2.30. The molecule has 2 N–H and O–H groups in total. The lowest BCUT2D eigenvalue weighted by atomic mass is 10.2. The molecule has 0 unspecified atom stereocenters. The molecule has 2 rings (SSSR count). The van der Waals surface area contributed by atoms with Crippen molar-refractivity contribution in [2.24, 2.45) is 0 Å². The molecule has 0 aliphatic rings. The number of carbonyl (C=O) groups excluding carboxylic acids is 1. The van der Waals surface area contributed by atoms with Crippen molar-refractivity contribution >= 4 is 22.8 Å². The third kappa shape index (κ3) is 2.75. The summed E-state index contributed by atoms with van der Waals surface area (Å²) in [5.74, 6) is 0.768. The van der Waals surface area contributed by atoms with Crippen molar-refractivity contribution in [3.05, 3.63) is 36.0 Å². The molecule has 0 fully saturated rings. The number of hydrogen-bond acceptors (Lipinski definition) is 2. The molecular weight excluding hydrogens is 244 g/mol. The minimum absolute atomic E-state index is 0.0412. The van der Waals surface area contributed by atoms with Gasteiger partial charge in [0.1, 0.15) is 12.2 Å². The first kappa shape index (κ1) is 12.7. The zero-order chi connectivity index (χ0) is 13.8. The van der Waals surface area contributed by atoms with E-state index in [2.05, 4.69) is 10.9 Å². The first-order chi connectivity index (χ1) is 9.11. The van der Waals surface area contributed by atoms with Crippen LogP contribution in [0, 0.1) is 12.3 Å². The van der Waals surface area contributed by atoms with Crippen LogP contribution in [0.4, 0.5) is 0 Å². The second-order valence-electron chi connectivity index (χ2n) is 4.03. The van der Waals surface area contributed by atoms with Crippen LogP contribution in [0.2, 0.25) is 0 Å². The number of rotatable bonds is 4. The zero-order valence-corrected chi connectivity index (χ0v) is 10.1. The Labute approximate surface area is 109 Å². The highest BCUT2D eigenvalue weighted by molar-refractivity contribution is 5.99. The number of aliphatic carboxylic acids is 1. The van der Waals surface area contributed by atoms with Crippen molar-refractivity contribution < 1.29 is 14.7 Å². The molecular formula is C14H12N2O3. The third-order valence-electron chi connectivity index (χ3n) is 2.66. The van der Waals surface area contributed by atoms with Gasteiger partial charge in [0.2, 0.25) is 0 Å². The summed E-state index contributed by atoms with van der Waals surface area (Å²) in [6, 6.07) is 9.10. The van der Waals surface area contributed by atoms with E-state index in [0.29, 0.717) is 5.69 Å². The van der Waals surface area contributed by atoms with Gasteiger partial charge in [0.05, 0.1) is 6.54 Å². The second kappa shape index (κ2) is 5.27. The van der Waals surface area contributed by atoms with Gasteiger partial charge < -0.3 is 15.0 Å². The van der Waals surface area contributed by atoms with Crippen molar-refractivity contribution in [3.8, 4) is 12.3 Å². The summed E-state index contributed by atoms with van der Waals surface area (Å²) in [7, 11) is 0. The quantitative estimate of drug-likeness (QED) is 0.810. The fourth-order valence-electron chi connectivity index (χ4n) is 1.83.